The van der Waals surface area contributed by atoms with Crippen LogP contribution in [0.4, 0.5) is 10.5 Å². The van der Waals surface area contributed by atoms with Crippen LogP contribution in [0.3, 0.4) is 0 Å². The van der Waals surface area contributed by atoms with E-state index in [0.717, 1.165) is 0 Å². The van der Waals surface area contributed by atoms with Crippen molar-refractivity contribution in [1.29, 1.82) is 0 Å². The second-order valence-corrected chi connectivity index (χ2v) is 3.78. The quantitative estimate of drug-likeness (QED) is 0.532. The average Bonchev–Trinajstić information content (AvgIpc) is 2.18. The van der Waals surface area contributed by atoms with Crippen molar-refractivity contribution in [2.75, 3.05) is 0 Å². The topological polar surface area (TPSA) is 93.5 Å². The molecular formula is C9H10Cl2N4O. The Morgan fingerprint density at radius 1 is 1.38 bits per heavy atom. The van der Waals surface area contributed by atoms with E-state index in [1.54, 1.807) is 19.1 Å². The Morgan fingerprint density at radius 2 is 2.00 bits per heavy atom. The predicted octanol–water partition coefficient (Wildman–Crippen LogP) is 1.92. The van der Waals surface area contributed by atoms with Crippen LogP contribution in [0.1, 0.15) is 5.56 Å². The van der Waals surface area contributed by atoms with E-state index in [1.807, 2.05) is 0 Å². The Balaban J connectivity index is 3.06. The smallest absolute Gasteiger partial charge is 0.318 e. The highest BCUT2D eigenvalue weighted by molar-refractivity contribution is 6.42. The third kappa shape index (κ3) is 3.01. The van der Waals surface area contributed by atoms with E-state index < -0.39 is 6.03 Å². The second kappa shape index (κ2) is 5.05. The van der Waals surface area contributed by atoms with Gasteiger partial charge in [-0.2, -0.15) is 0 Å². The number of rotatable bonds is 1. The van der Waals surface area contributed by atoms with Gasteiger partial charge in [-0.25, -0.2) is 9.79 Å². The van der Waals surface area contributed by atoms with Crippen molar-refractivity contribution in [3.05, 3.63) is 27.7 Å². The number of carbonyl (C=O) groups is 1. The zero-order valence-electron chi connectivity index (χ0n) is 8.42. The Bertz CT molecular complexity index is 459. The van der Waals surface area contributed by atoms with Crippen LogP contribution in [0, 0.1) is 6.92 Å². The summed E-state index contributed by atoms with van der Waals surface area (Å²) < 4.78 is 0. The first-order valence-electron chi connectivity index (χ1n) is 4.27. The normalized spacial score (nSPS) is 11.3. The first kappa shape index (κ1) is 12.6. The van der Waals surface area contributed by atoms with Crippen LogP contribution in [0.15, 0.2) is 17.1 Å². The summed E-state index contributed by atoms with van der Waals surface area (Å²) in [7, 11) is 0. The minimum atomic E-state index is -0.779. The summed E-state index contributed by atoms with van der Waals surface area (Å²) in [5.74, 6) is -0.103. The Hall–Kier alpha value is -1.46. The summed E-state index contributed by atoms with van der Waals surface area (Å²) in [6, 6.07) is 2.45. The molecular weight excluding hydrogens is 251 g/mol. The fourth-order valence-corrected chi connectivity index (χ4v) is 1.41. The number of hydrogen-bond donors (Lipinski definition) is 3. The molecule has 0 saturated carbocycles. The van der Waals surface area contributed by atoms with E-state index >= 15 is 0 Å². The number of benzene rings is 1. The van der Waals surface area contributed by atoms with Gasteiger partial charge in [0.2, 0.25) is 5.96 Å². The molecule has 0 fully saturated rings. The van der Waals surface area contributed by atoms with E-state index in [1.165, 1.54) is 0 Å². The number of amides is 2. The maximum atomic E-state index is 10.5. The lowest BCUT2D eigenvalue weighted by Crippen LogP contribution is -2.39. The van der Waals surface area contributed by atoms with E-state index in [-0.39, 0.29) is 5.96 Å². The van der Waals surface area contributed by atoms with Gasteiger partial charge in [-0.15, -0.1) is 0 Å². The van der Waals surface area contributed by atoms with Crippen molar-refractivity contribution in [3.63, 3.8) is 0 Å². The molecule has 0 bridgehead atoms. The van der Waals surface area contributed by atoms with Crippen LogP contribution >= 0.6 is 23.2 Å². The molecule has 1 aromatic carbocycles. The first-order valence-corrected chi connectivity index (χ1v) is 5.02. The molecule has 0 heterocycles. The van der Waals surface area contributed by atoms with E-state index in [0.29, 0.717) is 21.3 Å². The summed E-state index contributed by atoms with van der Waals surface area (Å²) in [6.45, 7) is 1.74. The monoisotopic (exact) mass is 260 g/mol. The Labute approximate surface area is 102 Å². The number of nitrogens with two attached hydrogens (primary N) is 2. The Morgan fingerprint density at radius 3 is 2.56 bits per heavy atom. The molecule has 0 spiro atoms. The summed E-state index contributed by atoms with van der Waals surface area (Å²) in [4.78, 5) is 14.4. The second-order valence-electron chi connectivity index (χ2n) is 2.99. The lowest BCUT2D eigenvalue weighted by atomic mass is 10.2. The molecule has 5 N–H and O–H groups in total. The van der Waals surface area contributed by atoms with Gasteiger partial charge in [-0.05, 0) is 24.6 Å². The van der Waals surface area contributed by atoms with Crippen LogP contribution < -0.4 is 16.8 Å². The number of urea groups is 1. The summed E-state index contributed by atoms with van der Waals surface area (Å²) >= 11 is 11.7. The van der Waals surface area contributed by atoms with E-state index in [4.69, 9.17) is 34.7 Å². The van der Waals surface area contributed by atoms with Crippen molar-refractivity contribution >= 4 is 40.9 Å². The number of guanidine groups is 1. The van der Waals surface area contributed by atoms with Crippen molar-refractivity contribution in [1.82, 2.24) is 5.32 Å². The van der Waals surface area contributed by atoms with Gasteiger partial charge >= 0.3 is 6.03 Å². The Kier molecular flexibility index (Phi) is 3.98. The molecule has 0 aliphatic heterocycles. The number of primary amides is 1. The van der Waals surface area contributed by atoms with Gasteiger partial charge in [0.15, 0.2) is 0 Å². The third-order valence-electron chi connectivity index (χ3n) is 1.80. The maximum absolute atomic E-state index is 10.5. The lowest BCUT2D eigenvalue weighted by molar-refractivity contribution is 0.253. The fraction of sp³-hybridized carbons (Fsp3) is 0.111. The highest BCUT2D eigenvalue weighted by Crippen LogP contribution is 2.32. The number of aliphatic imine (C=N–C) groups is 1. The van der Waals surface area contributed by atoms with Gasteiger partial charge in [0.1, 0.15) is 0 Å². The zero-order chi connectivity index (χ0) is 12.3. The van der Waals surface area contributed by atoms with Crippen LogP contribution in [0.25, 0.3) is 0 Å². The summed E-state index contributed by atoms with van der Waals surface area (Å²) in [5.41, 5.74) is 11.5. The zero-order valence-corrected chi connectivity index (χ0v) is 9.93. The molecule has 5 nitrogen and oxygen atoms in total. The predicted molar refractivity (Wildman–Crippen MR) is 65.2 cm³/mol. The van der Waals surface area contributed by atoms with E-state index in [9.17, 15) is 4.79 Å². The highest BCUT2D eigenvalue weighted by atomic mass is 35.5. The van der Waals surface area contributed by atoms with Crippen LogP contribution in [0.5, 0.6) is 0 Å². The van der Waals surface area contributed by atoms with Crippen molar-refractivity contribution in [2.45, 2.75) is 6.92 Å². The first-order chi connectivity index (χ1) is 7.41. The minimum absolute atomic E-state index is 0.103. The maximum Gasteiger partial charge on any atom is 0.318 e. The standard InChI is InChI=1S/C9H10Cl2N4O/c1-4-6(3-2-5(10)7(4)11)14-8(12)15-9(13)16/h2-3H,1H3,(H5,12,13,14,15,16). The molecule has 1 aromatic rings. The molecule has 86 valence electrons. The number of nitrogens with one attached hydrogen (secondary N) is 1. The molecule has 0 aliphatic rings. The summed E-state index contributed by atoms with van der Waals surface area (Å²) in [5, 5.41) is 2.97. The third-order valence-corrected chi connectivity index (χ3v) is 2.70. The van der Waals surface area contributed by atoms with Gasteiger partial charge < -0.3 is 11.5 Å². The summed E-state index contributed by atoms with van der Waals surface area (Å²) in [6.07, 6.45) is 0. The van der Waals surface area contributed by atoms with Crippen molar-refractivity contribution in [3.8, 4) is 0 Å². The molecule has 0 aliphatic carbocycles. The molecule has 16 heavy (non-hydrogen) atoms. The van der Waals surface area contributed by atoms with Crippen molar-refractivity contribution in [2.24, 2.45) is 16.5 Å². The van der Waals surface area contributed by atoms with Gasteiger partial charge in [0.05, 0.1) is 15.7 Å². The number of hydrogen-bond acceptors (Lipinski definition) is 2. The van der Waals surface area contributed by atoms with Gasteiger partial charge in [-0.3, -0.25) is 5.32 Å². The number of carbonyl (C=O) groups excluding carboxylic acids is 1. The molecule has 1 rings (SSSR count). The molecule has 0 unspecified atom stereocenters. The molecule has 0 radical (unpaired) electrons. The van der Waals surface area contributed by atoms with Gasteiger partial charge in [0, 0.05) is 0 Å². The largest absolute Gasteiger partial charge is 0.369 e. The van der Waals surface area contributed by atoms with Crippen LogP contribution in [-0.4, -0.2) is 12.0 Å². The SMILES string of the molecule is Cc1c(N=C(N)NC(N)=O)ccc(Cl)c1Cl. The van der Waals surface area contributed by atoms with Crippen LogP contribution in [0.2, 0.25) is 10.0 Å². The molecule has 0 aromatic heterocycles. The van der Waals surface area contributed by atoms with E-state index in [2.05, 4.69) is 10.3 Å². The number of halogens is 2. The lowest BCUT2D eigenvalue weighted by Gasteiger charge is -2.06. The van der Waals surface area contributed by atoms with Gasteiger partial charge in [0.25, 0.3) is 0 Å². The minimum Gasteiger partial charge on any atom is -0.369 e. The molecule has 0 saturated heterocycles. The van der Waals surface area contributed by atoms with Crippen LogP contribution in [-0.2, 0) is 0 Å². The van der Waals surface area contributed by atoms with Crippen molar-refractivity contribution < 1.29 is 4.79 Å². The molecule has 2 amide bonds. The van der Waals surface area contributed by atoms with Gasteiger partial charge in [-0.1, -0.05) is 23.2 Å². The molecule has 7 heteroatoms. The fourth-order valence-electron chi connectivity index (χ4n) is 1.05. The highest BCUT2D eigenvalue weighted by Gasteiger charge is 2.06. The number of nitrogens with zero attached hydrogens (tertiary/aromatic N) is 1. The molecule has 0 atom stereocenters. The average molecular weight is 261 g/mol.